The number of aromatic nitrogens is 2. The Hall–Kier alpha value is -3.68. The largest absolute Gasteiger partial charge is 1.00 e. The molecule has 2 aromatic carbocycles. The Kier molecular flexibility index (Phi) is 8.42. The number of piperazine rings is 1. The summed E-state index contributed by atoms with van der Waals surface area (Å²) in [6, 6.07) is 9.51. The fourth-order valence-corrected chi connectivity index (χ4v) is 5.88. The van der Waals surface area contributed by atoms with E-state index in [0.717, 1.165) is 11.3 Å². The van der Waals surface area contributed by atoms with Crippen LogP contribution in [0, 0.1) is 5.82 Å². The summed E-state index contributed by atoms with van der Waals surface area (Å²) in [5.41, 5.74) is 2.95. The summed E-state index contributed by atoms with van der Waals surface area (Å²) in [5.74, 6) is -1.03. The van der Waals surface area contributed by atoms with Crippen LogP contribution >= 0.6 is 0 Å². The molecule has 0 aliphatic carbocycles. The maximum absolute atomic E-state index is 15.3. The van der Waals surface area contributed by atoms with Crippen molar-refractivity contribution in [3.8, 4) is 11.1 Å². The maximum atomic E-state index is 15.3. The first-order chi connectivity index (χ1) is 20.0. The van der Waals surface area contributed by atoms with Crippen molar-refractivity contribution in [2.24, 2.45) is 0 Å². The summed E-state index contributed by atoms with van der Waals surface area (Å²) in [7, 11) is 0. The third kappa shape index (κ3) is 5.93. The molecule has 4 heterocycles. The van der Waals surface area contributed by atoms with Gasteiger partial charge in [0.2, 0.25) is 0 Å². The minimum atomic E-state index is -1.15. The first-order valence-electron chi connectivity index (χ1n) is 14.0. The number of halogens is 2. The quantitative estimate of drug-likeness (QED) is 0.334. The molecule has 1 aromatic heterocycles. The van der Waals surface area contributed by atoms with Crippen LogP contribution in [0.15, 0.2) is 42.7 Å². The van der Waals surface area contributed by atoms with Gasteiger partial charge in [-0.2, -0.15) is 0 Å². The van der Waals surface area contributed by atoms with Crippen LogP contribution in [0.3, 0.4) is 0 Å². The van der Waals surface area contributed by atoms with Gasteiger partial charge in [0.25, 0.3) is 5.91 Å². The van der Waals surface area contributed by atoms with Crippen LogP contribution in [0.4, 0.5) is 19.3 Å². The van der Waals surface area contributed by atoms with Crippen molar-refractivity contribution in [3.05, 3.63) is 71.1 Å². The molecule has 1 saturated heterocycles. The van der Waals surface area contributed by atoms with E-state index < -0.39 is 29.5 Å². The SMILES string of the molecule is CC(C)(C)OC(=O)N1CCN(c2ccc(-c3cc(F)c4c(c3)C(=O)N(C([C-]=O)c3ncn5c3C[C@@H](F)C5)C4)cc2)CC1.[Li+]. The van der Waals surface area contributed by atoms with Crippen molar-refractivity contribution in [2.75, 3.05) is 31.1 Å². The van der Waals surface area contributed by atoms with Crippen molar-refractivity contribution in [3.63, 3.8) is 0 Å². The van der Waals surface area contributed by atoms with Gasteiger partial charge in [0.15, 0.2) is 0 Å². The van der Waals surface area contributed by atoms with Crippen LogP contribution in [-0.2, 0) is 29.0 Å². The van der Waals surface area contributed by atoms with E-state index >= 15 is 4.39 Å². The van der Waals surface area contributed by atoms with Gasteiger partial charge in [-0.05, 0) is 62.2 Å². The molecule has 0 bridgehead atoms. The molecular weight excluding hydrogens is 551 g/mol. The van der Waals surface area contributed by atoms with Crippen LogP contribution < -0.4 is 23.8 Å². The van der Waals surface area contributed by atoms with Crippen molar-refractivity contribution in [2.45, 2.75) is 58.1 Å². The molecule has 1 unspecified atom stereocenters. The van der Waals surface area contributed by atoms with Gasteiger partial charge in [0.1, 0.15) is 17.6 Å². The number of carbonyl (C=O) groups excluding carboxylic acids is 3. The fourth-order valence-electron chi connectivity index (χ4n) is 5.88. The molecule has 0 radical (unpaired) electrons. The van der Waals surface area contributed by atoms with E-state index in [1.807, 2.05) is 51.3 Å². The predicted molar refractivity (Wildman–Crippen MR) is 151 cm³/mol. The molecular formula is C31H32F2LiN5O4. The van der Waals surface area contributed by atoms with Crippen LogP contribution in [0.25, 0.3) is 11.1 Å². The Morgan fingerprint density at radius 3 is 2.44 bits per heavy atom. The molecule has 3 aliphatic rings. The second-order valence-electron chi connectivity index (χ2n) is 12.0. The summed E-state index contributed by atoms with van der Waals surface area (Å²) in [4.78, 5) is 47.2. The van der Waals surface area contributed by atoms with E-state index in [1.165, 1.54) is 17.3 Å². The molecule has 3 aromatic rings. The minimum absolute atomic E-state index is 0. The Bertz CT molecular complexity index is 1550. The molecule has 12 heteroatoms. The molecule has 9 nitrogen and oxygen atoms in total. The van der Waals surface area contributed by atoms with Gasteiger partial charge in [-0.3, -0.25) is 4.79 Å². The molecule has 6 rings (SSSR count). The predicted octanol–water partition coefficient (Wildman–Crippen LogP) is 1.45. The van der Waals surface area contributed by atoms with Gasteiger partial charge in [-0.25, -0.2) is 24.8 Å². The summed E-state index contributed by atoms with van der Waals surface area (Å²) in [6.45, 7) is 7.97. The second kappa shape index (κ2) is 11.8. The van der Waals surface area contributed by atoms with Crippen LogP contribution in [0.1, 0.15) is 54.1 Å². The number of benzene rings is 2. The van der Waals surface area contributed by atoms with Crippen molar-refractivity contribution in [1.82, 2.24) is 19.4 Å². The summed E-state index contributed by atoms with van der Waals surface area (Å²) >= 11 is 0. The maximum Gasteiger partial charge on any atom is 1.00 e. The monoisotopic (exact) mass is 583 g/mol. The Balaban J connectivity index is 0.00000368. The molecule has 1 fully saturated rings. The molecule has 0 N–H and O–H groups in total. The summed E-state index contributed by atoms with van der Waals surface area (Å²) in [6.07, 6.45) is 2.06. The molecule has 0 saturated carbocycles. The Morgan fingerprint density at radius 1 is 1.09 bits per heavy atom. The van der Waals surface area contributed by atoms with E-state index in [9.17, 15) is 18.8 Å². The van der Waals surface area contributed by atoms with E-state index in [2.05, 4.69) is 9.88 Å². The van der Waals surface area contributed by atoms with Gasteiger partial charge in [-0.15, -0.1) is 0 Å². The van der Waals surface area contributed by atoms with Gasteiger partial charge in [0.05, 0.1) is 18.6 Å². The van der Waals surface area contributed by atoms with E-state index in [-0.39, 0.29) is 61.3 Å². The molecule has 0 spiro atoms. The van der Waals surface area contributed by atoms with Crippen molar-refractivity contribution >= 4 is 24.0 Å². The van der Waals surface area contributed by atoms with Crippen molar-refractivity contribution in [1.29, 1.82) is 0 Å². The van der Waals surface area contributed by atoms with E-state index in [1.54, 1.807) is 15.5 Å². The number of hydrogen-bond acceptors (Lipinski definition) is 6. The molecule has 2 atom stereocenters. The Labute approximate surface area is 261 Å². The second-order valence-corrected chi connectivity index (χ2v) is 12.0. The summed E-state index contributed by atoms with van der Waals surface area (Å²) in [5, 5.41) is 0. The third-order valence-electron chi connectivity index (χ3n) is 7.98. The smallest absolute Gasteiger partial charge is 0.539 e. The number of fused-ring (bicyclic) bond motifs is 2. The number of imidazole rings is 1. The zero-order chi connectivity index (χ0) is 29.8. The topological polar surface area (TPSA) is 88.0 Å². The number of ether oxygens (including phenoxy) is 1. The van der Waals surface area contributed by atoms with E-state index in [4.69, 9.17) is 4.74 Å². The normalized spacial score (nSPS) is 18.7. The minimum Gasteiger partial charge on any atom is -0.539 e. The number of nitrogens with zero attached hydrogens (tertiary/aromatic N) is 5. The zero-order valence-electron chi connectivity index (χ0n) is 24.8. The molecule has 220 valence electrons. The standard InChI is InChI=1S/C31H32F2N5O4.Li/c1-31(2,3)42-30(41)36-10-8-35(9-11-36)22-6-4-19(5-7-22)20-12-23-24(25(33)13-20)16-38(29(23)40)27(17-39)28-26-14-21(32)15-37(26)18-34-28;/h4-7,12-13,18,21,27H,8-11,14-16H2,1-3H3;/q-1;+1/t21-,27?;/m1./s1. The Morgan fingerprint density at radius 2 is 1.79 bits per heavy atom. The van der Waals surface area contributed by atoms with Crippen LogP contribution in [0.5, 0.6) is 0 Å². The van der Waals surface area contributed by atoms with Crippen LogP contribution in [0.2, 0.25) is 0 Å². The van der Waals surface area contributed by atoms with Gasteiger partial charge in [0, 0.05) is 61.7 Å². The van der Waals surface area contributed by atoms with Gasteiger partial charge < -0.3 is 28.8 Å². The van der Waals surface area contributed by atoms with Crippen LogP contribution in [-0.4, -0.2) is 75.6 Å². The number of anilines is 1. The van der Waals surface area contributed by atoms with Crippen molar-refractivity contribution < 1.29 is 46.8 Å². The average Bonchev–Trinajstić information content (AvgIpc) is 3.62. The first-order valence-corrected chi connectivity index (χ1v) is 14.0. The first kappa shape index (κ1) is 30.8. The number of carbonyl (C=O) groups is 2. The van der Waals surface area contributed by atoms with Gasteiger partial charge >= 0.3 is 25.0 Å². The zero-order valence-corrected chi connectivity index (χ0v) is 24.8. The van der Waals surface area contributed by atoms with Gasteiger partial charge in [-0.1, -0.05) is 12.1 Å². The van der Waals surface area contributed by atoms with E-state index in [0.29, 0.717) is 37.4 Å². The molecule has 2 amide bonds. The third-order valence-corrected chi connectivity index (χ3v) is 7.98. The molecule has 3 aliphatic heterocycles. The number of amides is 2. The number of hydrogen-bond donors (Lipinski definition) is 0. The number of rotatable bonds is 5. The number of alkyl halides is 1. The average molecular weight is 584 g/mol. The fraction of sp³-hybridized carbons (Fsp3) is 0.419. The molecule has 43 heavy (non-hydrogen) atoms. The summed E-state index contributed by atoms with van der Waals surface area (Å²) < 4.78 is 36.4.